The minimum atomic E-state index is -1.07. The Morgan fingerprint density at radius 3 is 2.62 bits per heavy atom. The summed E-state index contributed by atoms with van der Waals surface area (Å²) in [4.78, 5) is 13.3. The third-order valence-electron chi connectivity index (χ3n) is 4.73. The highest BCUT2D eigenvalue weighted by atomic mass is 35.5. The number of amides is 1. The molecule has 1 heterocycles. The lowest BCUT2D eigenvalue weighted by Crippen LogP contribution is -2.39. The molecule has 138 valence electrons. The van der Waals surface area contributed by atoms with Crippen LogP contribution < -0.4 is 4.90 Å². The van der Waals surface area contributed by atoms with Crippen LogP contribution in [0.3, 0.4) is 0 Å². The van der Waals surface area contributed by atoms with E-state index in [9.17, 15) is 9.90 Å². The average molecular weight is 395 g/mol. The van der Waals surface area contributed by atoms with Crippen molar-refractivity contribution in [2.45, 2.75) is 44.5 Å². The predicted octanol–water partition coefficient (Wildman–Crippen LogP) is 6.02. The second kappa shape index (κ2) is 8.14. The molecule has 1 N–H and O–H groups in total. The molecule has 26 heavy (non-hydrogen) atoms. The van der Waals surface area contributed by atoms with Gasteiger partial charge < -0.3 is 9.63 Å². The van der Waals surface area contributed by atoms with Crippen LogP contribution in [0.4, 0.5) is 10.5 Å². The third-order valence-corrected chi connectivity index (χ3v) is 5.47. The van der Waals surface area contributed by atoms with Crippen LogP contribution in [0.15, 0.2) is 45.7 Å². The fourth-order valence-corrected chi connectivity index (χ4v) is 3.88. The summed E-state index contributed by atoms with van der Waals surface area (Å²) in [6, 6.07) is 7.10. The lowest BCUT2D eigenvalue weighted by molar-refractivity contribution is 0.200. The van der Waals surface area contributed by atoms with Gasteiger partial charge in [0.15, 0.2) is 0 Å². The van der Waals surface area contributed by atoms with Crippen LogP contribution in [0.25, 0.3) is 11.3 Å². The van der Waals surface area contributed by atoms with E-state index in [1.807, 2.05) is 31.2 Å². The molecule has 1 aromatic carbocycles. The molecule has 1 unspecified atom stereocenters. The van der Waals surface area contributed by atoms with Crippen molar-refractivity contribution in [3.05, 3.63) is 46.7 Å². The number of hydrogen-bond acceptors (Lipinski definition) is 3. The van der Waals surface area contributed by atoms with Gasteiger partial charge in [0.05, 0.1) is 6.04 Å². The Morgan fingerprint density at radius 1 is 1.31 bits per heavy atom. The fourth-order valence-electron chi connectivity index (χ4n) is 3.32. The molecule has 1 atom stereocenters. The molecule has 0 bridgehead atoms. The van der Waals surface area contributed by atoms with E-state index in [4.69, 9.17) is 27.7 Å². The number of halogens is 2. The second-order valence-electron chi connectivity index (χ2n) is 6.34. The summed E-state index contributed by atoms with van der Waals surface area (Å²) in [5.41, 5.74) is 3.59. The number of alkyl halides is 1. The Morgan fingerprint density at radius 2 is 2.00 bits per heavy atom. The molecule has 1 aliphatic rings. The van der Waals surface area contributed by atoms with Crippen LogP contribution in [-0.2, 0) is 5.88 Å². The molecule has 2 aromatic rings. The molecule has 0 saturated heterocycles. The number of nitrogens with zero attached hydrogens (tertiary/aromatic N) is 2. The highest BCUT2D eigenvalue weighted by Gasteiger charge is 2.31. The van der Waals surface area contributed by atoms with Gasteiger partial charge in [0, 0.05) is 16.5 Å². The molecule has 1 amide bonds. The zero-order valence-electron chi connectivity index (χ0n) is 14.4. The molecular formula is C19H20Cl2N2O3. The van der Waals surface area contributed by atoms with E-state index in [0.717, 1.165) is 47.4 Å². The van der Waals surface area contributed by atoms with E-state index in [-0.39, 0.29) is 6.04 Å². The number of allylic oxidation sites excluding steroid dienone is 1. The maximum absolute atomic E-state index is 12.0. The van der Waals surface area contributed by atoms with Gasteiger partial charge in [-0.05, 0) is 43.7 Å². The van der Waals surface area contributed by atoms with E-state index in [0.29, 0.717) is 17.3 Å². The van der Waals surface area contributed by atoms with Crippen LogP contribution in [0, 0.1) is 0 Å². The molecule has 7 heteroatoms. The lowest BCUT2D eigenvalue weighted by Gasteiger charge is -2.30. The van der Waals surface area contributed by atoms with Crippen molar-refractivity contribution in [2.24, 2.45) is 0 Å². The van der Waals surface area contributed by atoms with Gasteiger partial charge >= 0.3 is 6.09 Å². The van der Waals surface area contributed by atoms with Gasteiger partial charge in [-0.3, -0.25) is 4.90 Å². The zero-order chi connectivity index (χ0) is 18.7. The topological polar surface area (TPSA) is 66.6 Å². The number of rotatable bonds is 5. The minimum Gasteiger partial charge on any atom is -0.465 e. The second-order valence-corrected chi connectivity index (χ2v) is 7.07. The van der Waals surface area contributed by atoms with Gasteiger partial charge in [-0.25, -0.2) is 4.79 Å². The molecular weight excluding hydrogens is 375 g/mol. The third kappa shape index (κ3) is 3.74. The number of carbonyl (C=O) groups is 1. The number of carboxylic acid groups (broad SMARTS) is 1. The Balaban J connectivity index is 1.99. The van der Waals surface area contributed by atoms with E-state index >= 15 is 0 Å². The van der Waals surface area contributed by atoms with Crippen molar-refractivity contribution in [3.8, 4) is 11.3 Å². The molecule has 0 spiro atoms. The first-order chi connectivity index (χ1) is 12.5. The van der Waals surface area contributed by atoms with Crippen LogP contribution in [0.2, 0.25) is 0 Å². The van der Waals surface area contributed by atoms with E-state index in [1.54, 1.807) is 0 Å². The van der Waals surface area contributed by atoms with Crippen molar-refractivity contribution in [1.82, 2.24) is 5.16 Å². The molecule has 0 saturated carbocycles. The molecule has 0 radical (unpaired) electrons. The molecule has 0 aliphatic heterocycles. The van der Waals surface area contributed by atoms with Gasteiger partial charge in [-0.1, -0.05) is 41.0 Å². The monoisotopic (exact) mass is 394 g/mol. The Bertz CT molecular complexity index is 814. The first-order valence-electron chi connectivity index (χ1n) is 8.52. The zero-order valence-corrected chi connectivity index (χ0v) is 15.9. The average Bonchev–Trinajstić information content (AvgIpc) is 3.11. The quantitative estimate of drug-likeness (QED) is 0.629. The van der Waals surface area contributed by atoms with Gasteiger partial charge in [-0.2, -0.15) is 0 Å². The smallest absolute Gasteiger partial charge is 0.412 e. The normalized spacial score (nSPS) is 15.8. The first kappa shape index (κ1) is 18.8. The SMILES string of the molecule is CC(C1=C(Cl)CCCC1)N(C(=O)O)c1conc1-c1ccc(CCl)cc1. The van der Waals surface area contributed by atoms with Crippen LogP contribution >= 0.6 is 23.2 Å². The van der Waals surface area contributed by atoms with Crippen LogP contribution in [0.5, 0.6) is 0 Å². The molecule has 1 aliphatic carbocycles. The van der Waals surface area contributed by atoms with Crippen molar-refractivity contribution in [1.29, 1.82) is 0 Å². The van der Waals surface area contributed by atoms with Gasteiger partial charge in [0.2, 0.25) is 0 Å². The van der Waals surface area contributed by atoms with Gasteiger partial charge in [0.25, 0.3) is 0 Å². The highest BCUT2D eigenvalue weighted by molar-refractivity contribution is 6.30. The number of benzene rings is 1. The summed E-state index contributed by atoms with van der Waals surface area (Å²) in [5.74, 6) is 0.414. The minimum absolute atomic E-state index is 0.388. The first-order valence-corrected chi connectivity index (χ1v) is 9.43. The summed E-state index contributed by atoms with van der Waals surface area (Å²) >= 11 is 12.2. The Kier molecular flexibility index (Phi) is 5.89. The predicted molar refractivity (Wildman–Crippen MR) is 103 cm³/mol. The number of anilines is 1. The van der Waals surface area contributed by atoms with E-state index < -0.39 is 6.09 Å². The lowest BCUT2D eigenvalue weighted by atomic mass is 9.93. The van der Waals surface area contributed by atoms with Gasteiger partial charge in [-0.15, -0.1) is 11.6 Å². The maximum atomic E-state index is 12.0. The van der Waals surface area contributed by atoms with Gasteiger partial charge in [0.1, 0.15) is 17.6 Å². The van der Waals surface area contributed by atoms with Crippen LogP contribution in [0.1, 0.15) is 38.2 Å². The van der Waals surface area contributed by atoms with E-state index in [2.05, 4.69) is 5.16 Å². The molecule has 1 aromatic heterocycles. The summed E-state index contributed by atoms with van der Waals surface area (Å²) in [6.07, 6.45) is 3.95. The summed E-state index contributed by atoms with van der Waals surface area (Å²) in [5, 5.41) is 14.7. The van der Waals surface area contributed by atoms with Crippen molar-refractivity contribution in [3.63, 3.8) is 0 Å². The largest absolute Gasteiger partial charge is 0.465 e. The molecule has 0 fully saturated rings. The highest BCUT2D eigenvalue weighted by Crippen LogP contribution is 2.36. The van der Waals surface area contributed by atoms with E-state index in [1.165, 1.54) is 11.2 Å². The maximum Gasteiger partial charge on any atom is 0.412 e. The number of aromatic nitrogens is 1. The molecule has 5 nitrogen and oxygen atoms in total. The Hall–Kier alpha value is -1.98. The van der Waals surface area contributed by atoms with Crippen molar-refractivity contribution in [2.75, 3.05) is 4.90 Å². The van der Waals surface area contributed by atoms with Crippen LogP contribution in [-0.4, -0.2) is 22.4 Å². The summed E-state index contributed by atoms with van der Waals surface area (Å²) < 4.78 is 5.12. The van der Waals surface area contributed by atoms with Crippen molar-refractivity contribution >= 4 is 35.0 Å². The number of hydrogen-bond donors (Lipinski definition) is 1. The van der Waals surface area contributed by atoms with Crippen molar-refractivity contribution < 1.29 is 14.4 Å². The standard InChI is InChI=1S/C19H20Cl2N2O3/c1-12(15-4-2-3-5-16(15)21)23(19(24)25)17-11-26-22-18(17)14-8-6-13(10-20)7-9-14/h6-9,11-12H,2-5,10H2,1H3,(H,24,25). The fraction of sp³-hybridized carbons (Fsp3) is 0.368. The summed E-state index contributed by atoms with van der Waals surface area (Å²) in [7, 11) is 0. The molecule has 3 rings (SSSR count). The summed E-state index contributed by atoms with van der Waals surface area (Å²) in [6.45, 7) is 1.85. The Labute approximate surface area is 162 Å².